The summed E-state index contributed by atoms with van der Waals surface area (Å²) in [6.07, 6.45) is -0.0925. The van der Waals surface area contributed by atoms with Crippen LogP contribution in [0, 0.1) is 5.92 Å². The molecule has 1 aromatic rings. The standard InChI is InChI=1S/C19H22F2O4S/c1-2-25-19(22)16(9-12-10-17(20)18(21)11-12)13-3-5-14(6-4-13)26(23,24)15-7-8-15/h3-6,9,12,15,17-18H,2,7-8,10-11H2,1H3/b16-9-/t12?,17-,18+. The van der Waals surface area contributed by atoms with Gasteiger partial charge in [-0.15, -0.1) is 0 Å². The van der Waals surface area contributed by atoms with Gasteiger partial charge >= 0.3 is 5.97 Å². The van der Waals surface area contributed by atoms with Gasteiger partial charge in [-0.2, -0.15) is 0 Å². The van der Waals surface area contributed by atoms with E-state index in [4.69, 9.17) is 4.74 Å². The summed E-state index contributed by atoms with van der Waals surface area (Å²) in [5.74, 6) is -0.975. The van der Waals surface area contributed by atoms with Crippen molar-refractivity contribution in [2.75, 3.05) is 6.61 Å². The van der Waals surface area contributed by atoms with Crippen LogP contribution in [0.25, 0.3) is 5.57 Å². The number of allylic oxidation sites excluding steroid dienone is 1. The first-order chi connectivity index (χ1) is 12.3. The highest BCUT2D eigenvalue weighted by Gasteiger charge is 2.37. The maximum absolute atomic E-state index is 13.4. The molecule has 0 bridgehead atoms. The van der Waals surface area contributed by atoms with E-state index in [1.54, 1.807) is 25.1 Å². The van der Waals surface area contributed by atoms with Crippen molar-refractivity contribution in [3.8, 4) is 0 Å². The molecule has 3 atom stereocenters. The molecule has 0 amide bonds. The molecule has 1 aromatic carbocycles. The summed E-state index contributed by atoms with van der Waals surface area (Å²) >= 11 is 0. The summed E-state index contributed by atoms with van der Waals surface area (Å²) < 4.78 is 56.5. The predicted octanol–water partition coefficient (Wildman–Crippen LogP) is 3.66. The van der Waals surface area contributed by atoms with E-state index in [1.165, 1.54) is 12.1 Å². The average molecular weight is 384 g/mol. The summed E-state index contributed by atoms with van der Waals surface area (Å²) in [7, 11) is -3.31. The van der Waals surface area contributed by atoms with Gasteiger partial charge in [0.2, 0.25) is 0 Å². The van der Waals surface area contributed by atoms with Crippen molar-refractivity contribution < 1.29 is 26.7 Å². The van der Waals surface area contributed by atoms with Gasteiger partial charge in [-0.1, -0.05) is 18.2 Å². The first kappa shape index (κ1) is 19.0. The van der Waals surface area contributed by atoms with E-state index in [0.717, 1.165) is 0 Å². The second kappa shape index (κ2) is 7.47. The maximum Gasteiger partial charge on any atom is 0.338 e. The number of hydrogen-bond donors (Lipinski definition) is 0. The molecule has 4 nitrogen and oxygen atoms in total. The number of esters is 1. The maximum atomic E-state index is 13.4. The highest BCUT2D eigenvalue weighted by molar-refractivity contribution is 7.92. The van der Waals surface area contributed by atoms with Gasteiger partial charge in [-0.3, -0.25) is 0 Å². The van der Waals surface area contributed by atoms with Gasteiger partial charge < -0.3 is 4.74 Å². The number of sulfone groups is 1. The molecule has 0 aromatic heterocycles. The van der Waals surface area contributed by atoms with Crippen molar-refractivity contribution in [3.63, 3.8) is 0 Å². The fraction of sp³-hybridized carbons (Fsp3) is 0.526. The largest absolute Gasteiger partial charge is 0.462 e. The Balaban J connectivity index is 1.88. The Bertz CT molecular complexity index is 787. The van der Waals surface area contributed by atoms with Crippen LogP contribution in [-0.4, -0.2) is 38.6 Å². The highest BCUT2D eigenvalue weighted by Crippen LogP contribution is 2.35. The lowest BCUT2D eigenvalue weighted by molar-refractivity contribution is -0.136. The van der Waals surface area contributed by atoms with Crippen molar-refractivity contribution in [3.05, 3.63) is 35.9 Å². The number of halogens is 2. The van der Waals surface area contributed by atoms with Crippen molar-refractivity contribution in [2.24, 2.45) is 5.92 Å². The SMILES string of the molecule is CCOC(=O)/C(=C\C1C[C@@H](F)[C@@H](F)C1)c1ccc(S(=O)(=O)C2CC2)cc1. The Hall–Kier alpha value is -1.76. The third kappa shape index (κ3) is 3.98. The van der Waals surface area contributed by atoms with E-state index in [2.05, 4.69) is 0 Å². The second-order valence-electron chi connectivity index (χ2n) is 6.83. The molecular weight excluding hydrogens is 362 g/mol. The van der Waals surface area contributed by atoms with Crippen LogP contribution >= 0.6 is 0 Å². The lowest BCUT2D eigenvalue weighted by Crippen LogP contribution is -2.10. The van der Waals surface area contributed by atoms with Gasteiger partial charge in [0.1, 0.15) is 12.3 Å². The molecule has 2 aliphatic carbocycles. The Morgan fingerprint density at radius 1 is 1.15 bits per heavy atom. The number of benzene rings is 1. The minimum absolute atomic E-state index is 0.0260. The molecule has 142 valence electrons. The Morgan fingerprint density at radius 2 is 1.73 bits per heavy atom. The van der Waals surface area contributed by atoms with E-state index in [1.807, 2.05) is 0 Å². The van der Waals surface area contributed by atoms with Crippen LogP contribution in [0.3, 0.4) is 0 Å². The van der Waals surface area contributed by atoms with Crippen molar-refractivity contribution in [2.45, 2.75) is 55.1 Å². The normalized spacial score (nSPS) is 26.7. The van der Waals surface area contributed by atoms with Gasteiger partial charge in [0, 0.05) is 0 Å². The number of carbonyl (C=O) groups excluding carboxylic acids is 1. The molecule has 0 saturated heterocycles. The Labute approximate surface area is 152 Å². The Kier molecular flexibility index (Phi) is 5.46. The monoisotopic (exact) mass is 384 g/mol. The van der Waals surface area contributed by atoms with Gasteiger partial charge in [0.05, 0.1) is 22.3 Å². The number of ether oxygens (including phenoxy) is 1. The third-order valence-corrected chi connectivity index (χ3v) is 7.08. The van der Waals surface area contributed by atoms with E-state index >= 15 is 0 Å². The highest BCUT2D eigenvalue weighted by atomic mass is 32.2. The van der Waals surface area contributed by atoms with Crippen LogP contribution in [0.5, 0.6) is 0 Å². The van der Waals surface area contributed by atoms with E-state index in [-0.39, 0.29) is 35.2 Å². The summed E-state index contributed by atoms with van der Waals surface area (Å²) in [5, 5.41) is -0.310. The molecule has 0 N–H and O–H groups in total. The molecule has 2 aliphatic rings. The van der Waals surface area contributed by atoms with Gasteiger partial charge in [0.15, 0.2) is 9.84 Å². The molecule has 3 rings (SSSR count). The predicted molar refractivity (Wildman–Crippen MR) is 93.8 cm³/mol. The topological polar surface area (TPSA) is 60.4 Å². The van der Waals surface area contributed by atoms with Crippen molar-refractivity contribution in [1.82, 2.24) is 0 Å². The van der Waals surface area contributed by atoms with Crippen LogP contribution in [0.4, 0.5) is 8.78 Å². The zero-order valence-electron chi connectivity index (χ0n) is 14.5. The summed E-state index contributed by atoms with van der Waals surface area (Å²) in [6, 6.07) is 6.04. The molecule has 0 radical (unpaired) electrons. The second-order valence-corrected chi connectivity index (χ2v) is 9.06. The number of alkyl halides is 2. The zero-order valence-corrected chi connectivity index (χ0v) is 15.3. The van der Waals surface area contributed by atoms with Gasteiger partial charge in [0.25, 0.3) is 0 Å². The molecule has 7 heteroatoms. The number of rotatable bonds is 6. The first-order valence-corrected chi connectivity index (χ1v) is 10.4. The van der Waals surface area contributed by atoms with Crippen molar-refractivity contribution >= 4 is 21.4 Å². The fourth-order valence-electron chi connectivity index (χ4n) is 3.23. The summed E-state index contributed by atoms with van der Waals surface area (Å²) in [6.45, 7) is 1.85. The molecule has 2 fully saturated rings. The van der Waals surface area contributed by atoms with E-state index in [9.17, 15) is 22.0 Å². The smallest absolute Gasteiger partial charge is 0.338 e. The molecular formula is C19H22F2O4S. The molecule has 26 heavy (non-hydrogen) atoms. The van der Waals surface area contributed by atoms with Gasteiger partial charge in [-0.05, 0) is 56.2 Å². The van der Waals surface area contributed by atoms with Crippen LogP contribution in [-0.2, 0) is 19.4 Å². The molecule has 1 unspecified atom stereocenters. The number of hydrogen-bond acceptors (Lipinski definition) is 4. The van der Waals surface area contributed by atoms with Gasteiger partial charge in [-0.25, -0.2) is 22.0 Å². The zero-order chi connectivity index (χ0) is 18.9. The molecule has 0 spiro atoms. The summed E-state index contributed by atoms with van der Waals surface area (Å²) in [4.78, 5) is 12.5. The average Bonchev–Trinajstić information content (AvgIpc) is 3.41. The van der Waals surface area contributed by atoms with Crippen molar-refractivity contribution in [1.29, 1.82) is 0 Å². The quantitative estimate of drug-likeness (QED) is 0.555. The molecule has 2 saturated carbocycles. The van der Waals surface area contributed by atoms with E-state index in [0.29, 0.717) is 18.4 Å². The molecule has 0 aliphatic heterocycles. The summed E-state index contributed by atoms with van der Waals surface area (Å²) in [5.41, 5.74) is 0.699. The Morgan fingerprint density at radius 3 is 2.23 bits per heavy atom. The lowest BCUT2D eigenvalue weighted by Gasteiger charge is -2.11. The number of carbonyl (C=O) groups is 1. The van der Waals surface area contributed by atoms with E-state index < -0.39 is 34.1 Å². The fourth-order valence-corrected chi connectivity index (χ4v) is 4.88. The minimum atomic E-state index is -3.31. The first-order valence-electron chi connectivity index (χ1n) is 8.84. The van der Waals surface area contributed by atoms with Crippen LogP contribution in [0.1, 0.15) is 38.2 Å². The lowest BCUT2D eigenvalue weighted by atomic mass is 9.98. The third-order valence-electron chi connectivity index (χ3n) is 4.80. The van der Waals surface area contributed by atoms with Crippen LogP contribution in [0.15, 0.2) is 35.2 Å². The van der Waals surface area contributed by atoms with Crippen LogP contribution in [0.2, 0.25) is 0 Å². The minimum Gasteiger partial charge on any atom is -0.462 e. The van der Waals surface area contributed by atoms with Crippen LogP contribution < -0.4 is 0 Å². The molecule has 0 heterocycles.